The molecule has 0 N–H and O–H groups in total. The van der Waals surface area contributed by atoms with Gasteiger partial charge in [0, 0.05) is 0 Å². The summed E-state index contributed by atoms with van der Waals surface area (Å²) in [5, 5.41) is 0. The monoisotopic (exact) mass is 316 g/mol. The number of ether oxygens (including phenoxy) is 1. The van der Waals surface area contributed by atoms with E-state index in [1.165, 1.54) is 35.1 Å². The molecule has 23 heavy (non-hydrogen) atoms. The van der Waals surface area contributed by atoms with Gasteiger partial charge >= 0.3 is 0 Å². The van der Waals surface area contributed by atoms with Gasteiger partial charge < -0.3 is 4.74 Å². The van der Waals surface area contributed by atoms with Gasteiger partial charge in [-0.05, 0) is 83.8 Å². The minimum atomic E-state index is 0.531. The van der Waals surface area contributed by atoms with E-state index in [2.05, 4.69) is 59.8 Å². The van der Waals surface area contributed by atoms with Gasteiger partial charge in [0.25, 0.3) is 0 Å². The van der Waals surface area contributed by atoms with E-state index in [9.17, 15) is 0 Å². The number of hydrogen-bond donors (Lipinski definition) is 0. The molecule has 130 valence electrons. The lowest BCUT2D eigenvalue weighted by atomic mass is 9.93. The highest BCUT2D eigenvalue weighted by Crippen LogP contribution is 2.26. The molecule has 0 heterocycles. The summed E-state index contributed by atoms with van der Waals surface area (Å²) in [6.07, 6.45) is 14.0. The molecule has 0 spiro atoms. The largest absolute Gasteiger partial charge is 0.494 e. The van der Waals surface area contributed by atoms with E-state index in [-0.39, 0.29) is 0 Å². The number of allylic oxidation sites excluding steroid dienone is 7. The Kier molecular flexibility index (Phi) is 9.06. The zero-order chi connectivity index (χ0) is 17.2. The SMILES string of the molecule is CCOC1=C(\C(C)C)CC/C(C)=C/CC/C(C)=C/CC\C(C)=C\1. The molecular weight excluding hydrogens is 280 g/mol. The Hall–Kier alpha value is -1.24. The van der Waals surface area contributed by atoms with Gasteiger partial charge in [-0.1, -0.05) is 42.7 Å². The van der Waals surface area contributed by atoms with Gasteiger partial charge in [-0.25, -0.2) is 0 Å². The van der Waals surface area contributed by atoms with E-state index >= 15 is 0 Å². The van der Waals surface area contributed by atoms with E-state index < -0.39 is 0 Å². The van der Waals surface area contributed by atoms with Crippen LogP contribution in [0, 0.1) is 5.92 Å². The van der Waals surface area contributed by atoms with Crippen LogP contribution in [0.1, 0.15) is 80.1 Å². The molecule has 0 saturated carbocycles. The zero-order valence-electron chi connectivity index (χ0n) is 16.2. The predicted molar refractivity (Wildman–Crippen MR) is 102 cm³/mol. The van der Waals surface area contributed by atoms with Crippen molar-refractivity contribution in [3.8, 4) is 0 Å². The Morgan fingerprint density at radius 2 is 1.43 bits per heavy atom. The summed E-state index contributed by atoms with van der Waals surface area (Å²) < 4.78 is 6.01. The second-order valence-corrected chi connectivity index (χ2v) is 7.15. The summed E-state index contributed by atoms with van der Waals surface area (Å²) in [5.41, 5.74) is 5.90. The standard InChI is InChI=1S/C22H36O/c1-7-23-22-16-20(6)13-9-11-18(4)10-8-12-19(5)14-15-21(22)17(2)3/h11-12,16-17H,7-10,13-15H2,1-6H3/b18-11+,19-12+,20-16+,22-21-. The van der Waals surface area contributed by atoms with Crippen LogP contribution in [0.2, 0.25) is 0 Å². The Morgan fingerprint density at radius 1 is 0.870 bits per heavy atom. The second kappa shape index (κ2) is 10.5. The second-order valence-electron chi connectivity index (χ2n) is 7.15. The Balaban J connectivity index is 3.13. The summed E-state index contributed by atoms with van der Waals surface area (Å²) in [4.78, 5) is 0. The maximum Gasteiger partial charge on any atom is 0.118 e. The van der Waals surface area contributed by atoms with Crippen molar-refractivity contribution in [3.05, 3.63) is 46.3 Å². The summed E-state index contributed by atoms with van der Waals surface area (Å²) in [7, 11) is 0. The molecule has 1 aliphatic carbocycles. The van der Waals surface area contributed by atoms with Crippen molar-refractivity contribution in [2.75, 3.05) is 6.61 Å². The molecule has 1 heteroatoms. The highest BCUT2D eigenvalue weighted by Gasteiger charge is 2.11. The molecule has 0 bridgehead atoms. The Morgan fingerprint density at radius 3 is 2.00 bits per heavy atom. The van der Waals surface area contributed by atoms with Crippen LogP contribution in [-0.4, -0.2) is 6.61 Å². The van der Waals surface area contributed by atoms with E-state index in [1.807, 2.05) is 0 Å². The van der Waals surface area contributed by atoms with E-state index in [0.29, 0.717) is 5.92 Å². The van der Waals surface area contributed by atoms with Gasteiger partial charge in [0.1, 0.15) is 5.76 Å². The fourth-order valence-electron chi connectivity index (χ4n) is 3.00. The first-order valence-corrected chi connectivity index (χ1v) is 9.28. The lowest BCUT2D eigenvalue weighted by molar-refractivity contribution is 0.234. The number of rotatable bonds is 3. The van der Waals surface area contributed by atoms with Gasteiger partial charge in [-0.2, -0.15) is 0 Å². The first-order valence-electron chi connectivity index (χ1n) is 9.28. The molecule has 1 nitrogen and oxygen atoms in total. The molecule has 0 aromatic rings. The fraction of sp³-hybridized carbons (Fsp3) is 0.636. The third-order valence-corrected chi connectivity index (χ3v) is 4.54. The summed E-state index contributed by atoms with van der Waals surface area (Å²) in [6, 6.07) is 0. The molecule has 0 radical (unpaired) electrons. The van der Waals surface area contributed by atoms with Crippen LogP contribution in [-0.2, 0) is 4.74 Å². The van der Waals surface area contributed by atoms with Crippen molar-refractivity contribution in [1.29, 1.82) is 0 Å². The van der Waals surface area contributed by atoms with Gasteiger partial charge in [-0.3, -0.25) is 0 Å². The van der Waals surface area contributed by atoms with Crippen molar-refractivity contribution in [2.24, 2.45) is 5.92 Å². The Labute approximate surface area is 144 Å². The summed E-state index contributed by atoms with van der Waals surface area (Å²) in [6.45, 7) is 14.1. The quantitative estimate of drug-likeness (QED) is 0.503. The van der Waals surface area contributed by atoms with Crippen LogP contribution in [0.4, 0.5) is 0 Å². The average molecular weight is 317 g/mol. The van der Waals surface area contributed by atoms with Crippen molar-refractivity contribution in [2.45, 2.75) is 80.1 Å². The van der Waals surface area contributed by atoms with Gasteiger partial charge in [0.2, 0.25) is 0 Å². The topological polar surface area (TPSA) is 9.23 Å². The zero-order valence-corrected chi connectivity index (χ0v) is 16.2. The maximum absolute atomic E-state index is 6.01. The molecular formula is C22H36O. The van der Waals surface area contributed by atoms with Crippen LogP contribution in [0.3, 0.4) is 0 Å². The van der Waals surface area contributed by atoms with Crippen LogP contribution >= 0.6 is 0 Å². The normalized spacial score (nSPS) is 28.9. The molecule has 1 rings (SSSR count). The lowest BCUT2D eigenvalue weighted by Crippen LogP contribution is -2.03. The van der Waals surface area contributed by atoms with Crippen LogP contribution in [0.25, 0.3) is 0 Å². The van der Waals surface area contributed by atoms with Gasteiger partial charge in [0.15, 0.2) is 0 Å². The minimum absolute atomic E-state index is 0.531. The Bertz CT molecular complexity index is 486. The maximum atomic E-state index is 6.01. The highest BCUT2D eigenvalue weighted by molar-refractivity contribution is 5.26. The molecule has 0 aliphatic heterocycles. The first kappa shape index (κ1) is 19.8. The third-order valence-electron chi connectivity index (χ3n) is 4.54. The smallest absolute Gasteiger partial charge is 0.118 e. The van der Waals surface area contributed by atoms with Crippen molar-refractivity contribution in [3.63, 3.8) is 0 Å². The van der Waals surface area contributed by atoms with Crippen LogP contribution in [0.15, 0.2) is 46.3 Å². The van der Waals surface area contributed by atoms with E-state index in [1.54, 1.807) is 0 Å². The molecule has 0 aromatic heterocycles. The highest BCUT2D eigenvalue weighted by atomic mass is 16.5. The van der Waals surface area contributed by atoms with E-state index in [0.717, 1.165) is 38.0 Å². The summed E-state index contributed by atoms with van der Waals surface area (Å²) >= 11 is 0. The van der Waals surface area contributed by atoms with Gasteiger partial charge in [-0.15, -0.1) is 0 Å². The van der Waals surface area contributed by atoms with Crippen molar-refractivity contribution < 1.29 is 4.74 Å². The van der Waals surface area contributed by atoms with Crippen molar-refractivity contribution in [1.82, 2.24) is 0 Å². The van der Waals surface area contributed by atoms with Crippen molar-refractivity contribution >= 4 is 0 Å². The molecule has 0 fully saturated rings. The fourth-order valence-corrected chi connectivity index (χ4v) is 3.00. The minimum Gasteiger partial charge on any atom is -0.494 e. The van der Waals surface area contributed by atoms with Crippen LogP contribution < -0.4 is 0 Å². The average Bonchev–Trinajstić information content (AvgIpc) is 2.46. The molecule has 0 unspecified atom stereocenters. The predicted octanol–water partition coefficient (Wildman–Crippen LogP) is 7.13. The summed E-state index contributed by atoms with van der Waals surface area (Å²) in [5.74, 6) is 1.65. The molecule has 1 aliphatic rings. The van der Waals surface area contributed by atoms with Gasteiger partial charge in [0.05, 0.1) is 6.61 Å². The van der Waals surface area contributed by atoms with E-state index in [4.69, 9.17) is 4.74 Å². The van der Waals surface area contributed by atoms with Crippen LogP contribution in [0.5, 0.6) is 0 Å². The molecule has 0 amide bonds. The number of hydrogen-bond acceptors (Lipinski definition) is 1. The third kappa shape index (κ3) is 7.72. The molecule has 0 aromatic carbocycles. The lowest BCUT2D eigenvalue weighted by Gasteiger charge is -2.18. The molecule has 0 saturated heterocycles. The first-order chi connectivity index (χ1) is 10.9. The molecule has 0 atom stereocenters.